The lowest BCUT2D eigenvalue weighted by molar-refractivity contribution is 0.196. The average molecular weight is 291 g/mol. The Hall–Kier alpha value is -0.710. The van der Waals surface area contributed by atoms with Gasteiger partial charge >= 0.3 is 0 Å². The summed E-state index contributed by atoms with van der Waals surface area (Å²) in [5.41, 5.74) is 0.454. The summed E-state index contributed by atoms with van der Waals surface area (Å²) in [5, 5.41) is 3.31. The van der Waals surface area contributed by atoms with Gasteiger partial charge in [-0.05, 0) is 32.0 Å². The minimum Gasteiger partial charge on any atom is -0.315 e. The maximum atomic E-state index is 13.7. The van der Waals surface area contributed by atoms with Gasteiger partial charge in [0, 0.05) is 24.7 Å². The molecule has 1 aliphatic rings. The summed E-state index contributed by atoms with van der Waals surface area (Å²) in [7, 11) is 0. The van der Waals surface area contributed by atoms with Crippen LogP contribution in [0.5, 0.6) is 0 Å². The number of rotatable bonds is 5. The Morgan fingerprint density at radius 2 is 2.16 bits per heavy atom. The zero-order valence-corrected chi connectivity index (χ0v) is 12.0. The molecule has 19 heavy (non-hydrogen) atoms. The number of nitrogens with zero attached hydrogens (tertiary/aromatic N) is 1. The van der Waals surface area contributed by atoms with Gasteiger partial charge in [-0.25, -0.2) is 8.78 Å². The molecule has 1 heterocycles. The molecule has 108 valence electrons. The highest BCUT2D eigenvalue weighted by Gasteiger charge is 2.22. The zero-order chi connectivity index (χ0) is 13.0. The maximum Gasteiger partial charge on any atom is 0.163 e. The molecule has 0 spiro atoms. The molecule has 0 aliphatic carbocycles. The molecule has 1 fully saturated rings. The van der Waals surface area contributed by atoms with Gasteiger partial charge in [-0.1, -0.05) is 19.1 Å². The largest absolute Gasteiger partial charge is 0.315 e. The SMILES string of the molecule is CCCN(Cc1cccc(F)c1F)C1CCNC1.Cl. The summed E-state index contributed by atoms with van der Waals surface area (Å²) in [4.78, 5) is 2.25. The molecule has 5 heteroatoms. The van der Waals surface area contributed by atoms with Crippen LogP contribution in [0.25, 0.3) is 0 Å². The van der Waals surface area contributed by atoms with Crippen molar-refractivity contribution in [3.8, 4) is 0 Å². The van der Waals surface area contributed by atoms with Crippen LogP contribution in [0.4, 0.5) is 8.78 Å². The highest BCUT2D eigenvalue weighted by Crippen LogP contribution is 2.17. The van der Waals surface area contributed by atoms with E-state index in [4.69, 9.17) is 0 Å². The number of benzene rings is 1. The Balaban J connectivity index is 0.00000180. The maximum absolute atomic E-state index is 13.7. The molecule has 2 nitrogen and oxygen atoms in total. The molecule has 1 aromatic carbocycles. The third-order valence-corrected chi connectivity index (χ3v) is 3.47. The van der Waals surface area contributed by atoms with Crippen molar-refractivity contribution in [2.24, 2.45) is 0 Å². The minimum atomic E-state index is -0.756. The molecule has 1 aromatic rings. The van der Waals surface area contributed by atoms with E-state index in [9.17, 15) is 8.78 Å². The van der Waals surface area contributed by atoms with Gasteiger partial charge in [-0.15, -0.1) is 12.4 Å². The molecule has 0 saturated carbocycles. The minimum absolute atomic E-state index is 0. The lowest BCUT2D eigenvalue weighted by Crippen LogP contribution is -2.37. The Morgan fingerprint density at radius 1 is 1.37 bits per heavy atom. The molecular formula is C14H21ClF2N2. The zero-order valence-electron chi connectivity index (χ0n) is 11.2. The van der Waals surface area contributed by atoms with E-state index in [0.717, 1.165) is 32.5 Å². The van der Waals surface area contributed by atoms with E-state index < -0.39 is 11.6 Å². The Kier molecular flexibility index (Phi) is 6.69. The third-order valence-electron chi connectivity index (χ3n) is 3.47. The monoisotopic (exact) mass is 290 g/mol. The van der Waals surface area contributed by atoms with Crippen LogP contribution < -0.4 is 5.32 Å². The summed E-state index contributed by atoms with van der Waals surface area (Å²) in [6, 6.07) is 4.85. The van der Waals surface area contributed by atoms with Crippen molar-refractivity contribution in [1.29, 1.82) is 0 Å². The van der Waals surface area contributed by atoms with E-state index in [1.165, 1.54) is 6.07 Å². The van der Waals surface area contributed by atoms with Crippen molar-refractivity contribution >= 4 is 12.4 Å². The Morgan fingerprint density at radius 3 is 2.79 bits per heavy atom. The third kappa shape index (κ3) is 4.13. The number of hydrogen-bond acceptors (Lipinski definition) is 2. The van der Waals surface area contributed by atoms with E-state index in [1.807, 2.05) is 0 Å². The van der Waals surface area contributed by atoms with Crippen molar-refractivity contribution in [2.45, 2.75) is 32.4 Å². The van der Waals surface area contributed by atoms with Crippen LogP contribution >= 0.6 is 12.4 Å². The van der Waals surface area contributed by atoms with E-state index >= 15 is 0 Å². The fraction of sp³-hybridized carbons (Fsp3) is 0.571. The van der Waals surface area contributed by atoms with Crippen LogP contribution in [0.3, 0.4) is 0 Å². The van der Waals surface area contributed by atoms with Gasteiger partial charge in [0.1, 0.15) is 0 Å². The second kappa shape index (κ2) is 7.78. The fourth-order valence-electron chi connectivity index (χ4n) is 2.52. The Labute approximate surface area is 119 Å². The molecule has 0 radical (unpaired) electrons. The van der Waals surface area contributed by atoms with Gasteiger partial charge in [-0.3, -0.25) is 4.90 Å². The van der Waals surface area contributed by atoms with Crippen molar-refractivity contribution in [3.05, 3.63) is 35.4 Å². The van der Waals surface area contributed by atoms with Gasteiger partial charge in [0.2, 0.25) is 0 Å². The van der Waals surface area contributed by atoms with Crippen LogP contribution in [0.2, 0.25) is 0 Å². The van der Waals surface area contributed by atoms with Gasteiger partial charge in [-0.2, -0.15) is 0 Å². The highest BCUT2D eigenvalue weighted by molar-refractivity contribution is 5.85. The summed E-state index contributed by atoms with van der Waals surface area (Å²) in [6.07, 6.45) is 2.10. The predicted octanol–water partition coefficient (Wildman–Crippen LogP) is 2.96. The Bertz CT molecular complexity index is 395. The first kappa shape index (κ1) is 16.3. The first-order valence-electron chi connectivity index (χ1n) is 6.60. The molecular weight excluding hydrogens is 270 g/mol. The van der Waals surface area contributed by atoms with Crippen LogP contribution in [0.1, 0.15) is 25.3 Å². The second-order valence-corrected chi connectivity index (χ2v) is 4.83. The molecule has 1 atom stereocenters. The average Bonchev–Trinajstić information content (AvgIpc) is 2.88. The predicted molar refractivity (Wildman–Crippen MR) is 75.6 cm³/mol. The standard InChI is InChI=1S/C14H20F2N2.ClH/c1-2-8-18(12-6-7-17-9-12)10-11-4-3-5-13(15)14(11)16;/h3-5,12,17H,2,6-10H2,1H3;1H. The van der Waals surface area contributed by atoms with Crippen LogP contribution in [-0.4, -0.2) is 30.6 Å². The van der Waals surface area contributed by atoms with E-state index in [1.54, 1.807) is 12.1 Å². The molecule has 2 rings (SSSR count). The van der Waals surface area contributed by atoms with Gasteiger partial charge in [0.25, 0.3) is 0 Å². The first-order valence-corrected chi connectivity index (χ1v) is 6.60. The normalized spacial score (nSPS) is 18.6. The van der Waals surface area contributed by atoms with Gasteiger partial charge in [0.15, 0.2) is 11.6 Å². The summed E-state index contributed by atoms with van der Waals surface area (Å²) >= 11 is 0. The van der Waals surface area contributed by atoms with Crippen molar-refractivity contribution in [2.75, 3.05) is 19.6 Å². The van der Waals surface area contributed by atoms with Crippen molar-refractivity contribution in [1.82, 2.24) is 10.2 Å². The van der Waals surface area contributed by atoms with E-state index in [-0.39, 0.29) is 12.4 Å². The van der Waals surface area contributed by atoms with Crippen LogP contribution in [0.15, 0.2) is 18.2 Å². The fourth-order valence-corrected chi connectivity index (χ4v) is 2.52. The van der Waals surface area contributed by atoms with Crippen LogP contribution in [0, 0.1) is 11.6 Å². The molecule has 1 unspecified atom stereocenters. The van der Waals surface area contributed by atoms with Crippen molar-refractivity contribution in [3.63, 3.8) is 0 Å². The number of nitrogens with one attached hydrogen (secondary N) is 1. The molecule has 0 amide bonds. The molecule has 0 aromatic heterocycles. The van der Waals surface area contributed by atoms with Gasteiger partial charge < -0.3 is 5.32 Å². The molecule has 1 N–H and O–H groups in total. The van der Waals surface area contributed by atoms with E-state index in [2.05, 4.69) is 17.1 Å². The second-order valence-electron chi connectivity index (χ2n) is 4.83. The number of halogens is 3. The number of hydrogen-bond donors (Lipinski definition) is 1. The molecule has 1 aliphatic heterocycles. The topological polar surface area (TPSA) is 15.3 Å². The van der Waals surface area contributed by atoms with Crippen molar-refractivity contribution < 1.29 is 8.78 Å². The molecule has 0 bridgehead atoms. The quantitative estimate of drug-likeness (QED) is 0.897. The van der Waals surface area contributed by atoms with Crippen LogP contribution in [-0.2, 0) is 6.54 Å². The lowest BCUT2D eigenvalue weighted by Gasteiger charge is -2.28. The van der Waals surface area contributed by atoms with Gasteiger partial charge in [0.05, 0.1) is 0 Å². The van der Waals surface area contributed by atoms with E-state index in [0.29, 0.717) is 18.2 Å². The highest BCUT2D eigenvalue weighted by atomic mass is 35.5. The molecule has 1 saturated heterocycles. The first-order chi connectivity index (χ1) is 8.72. The lowest BCUT2D eigenvalue weighted by atomic mass is 10.1. The summed E-state index contributed by atoms with van der Waals surface area (Å²) < 4.78 is 26.9. The summed E-state index contributed by atoms with van der Waals surface area (Å²) in [5.74, 6) is -1.46. The smallest absolute Gasteiger partial charge is 0.163 e. The summed E-state index contributed by atoms with van der Waals surface area (Å²) in [6.45, 7) is 5.47.